The highest BCUT2D eigenvalue weighted by Crippen LogP contribution is 2.23. The van der Waals surface area contributed by atoms with Crippen LogP contribution in [0.2, 0.25) is 0 Å². The number of rotatable bonds is 4. The monoisotopic (exact) mass is 414 g/mol. The molecule has 130 valence electrons. The highest BCUT2D eigenvalue weighted by molar-refractivity contribution is 9.10. The van der Waals surface area contributed by atoms with Crippen LogP contribution in [0.4, 0.5) is 4.39 Å². The summed E-state index contributed by atoms with van der Waals surface area (Å²) < 4.78 is 25.4. The summed E-state index contributed by atoms with van der Waals surface area (Å²) in [5, 5.41) is 11.9. The maximum atomic E-state index is 13.7. The Hall–Kier alpha value is -2.87. The molecule has 0 saturated heterocycles. The number of halogens is 2. The summed E-state index contributed by atoms with van der Waals surface area (Å²) in [7, 11) is 0. The van der Waals surface area contributed by atoms with Crippen molar-refractivity contribution in [1.29, 1.82) is 0 Å². The van der Waals surface area contributed by atoms with Crippen molar-refractivity contribution in [2.75, 3.05) is 0 Å². The van der Waals surface area contributed by atoms with E-state index in [0.717, 1.165) is 10.0 Å². The number of aryl methyl sites for hydroxylation is 1. The molecule has 0 saturated carbocycles. The molecule has 0 spiro atoms. The standard InChI is InChI=1S/C18H12BrFN4O2/c1-10-5-6-12(8-14(10)20)18-23-22-16(25-18)9-15-21-17(24-26-15)11-3-2-4-13(19)7-11/h2-8H,9H2,1H3. The van der Waals surface area contributed by atoms with Gasteiger partial charge in [-0.05, 0) is 36.8 Å². The minimum atomic E-state index is -0.321. The van der Waals surface area contributed by atoms with E-state index in [0.29, 0.717) is 28.7 Å². The summed E-state index contributed by atoms with van der Waals surface area (Å²) in [6.45, 7) is 1.69. The van der Waals surface area contributed by atoms with E-state index in [4.69, 9.17) is 8.94 Å². The van der Waals surface area contributed by atoms with Crippen molar-refractivity contribution in [3.05, 3.63) is 70.1 Å². The molecule has 0 aliphatic rings. The van der Waals surface area contributed by atoms with Gasteiger partial charge in [0, 0.05) is 15.6 Å². The number of aromatic nitrogens is 4. The smallest absolute Gasteiger partial charge is 0.247 e. The van der Waals surface area contributed by atoms with Gasteiger partial charge in [0.15, 0.2) is 0 Å². The van der Waals surface area contributed by atoms with Gasteiger partial charge >= 0.3 is 0 Å². The van der Waals surface area contributed by atoms with Crippen LogP contribution < -0.4 is 0 Å². The molecule has 8 heteroatoms. The van der Waals surface area contributed by atoms with Crippen LogP contribution in [0.5, 0.6) is 0 Å². The Morgan fingerprint density at radius 1 is 1.04 bits per heavy atom. The molecule has 6 nitrogen and oxygen atoms in total. The van der Waals surface area contributed by atoms with E-state index in [2.05, 4.69) is 36.3 Å². The molecule has 2 aromatic heterocycles. The third kappa shape index (κ3) is 3.41. The number of hydrogen-bond donors (Lipinski definition) is 0. The molecule has 0 bridgehead atoms. The first kappa shape index (κ1) is 16.6. The summed E-state index contributed by atoms with van der Waals surface area (Å²) >= 11 is 3.41. The Kier molecular flexibility index (Phi) is 4.34. The molecular weight excluding hydrogens is 403 g/mol. The fourth-order valence-corrected chi connectivity index (χ4v) is 2.77. The fraction of sp³-hybridized carbons (Fsp3) is 0.111. The van der Waals surface area contributed by atoms with Gasteiger partial charge < -0.3 is 8.94 Å². The van der Waals surface area contributed by atoms with Gasteiger partial charge in [0.05, 0.1) is 0 Å². The van der Waals surface area contributed by atoms with Crippen LogP contribution >= 0.6 is 15.9 Å². The molecule has 0 atom stereocenters. The van der Waals surface area contributed by atoms with Gasteiger partial charge in [-0.25, -0.2) is 4.39 Å². The van der Waals surface area contributed by atoms with E-state index < -0.39 is 0 Å². The largest absolute Gasteiger partial charge is 0.420 e. The maximum absolute atomic E-state index is 13.7. The molecule has 2 heterocycles. The molecule has 2 aromatic carbocycles. The van der Waals surface area contributed by atoms with Crippen LogP contribution in [0.1, 0.15) is 17.3 Å². The average Bonchev–Trinajstić information content (AvgIpc) is 3.28. The normalized spacial score (nSPS) is 11.0. The van der Waals surface area contributed by atoms with Crippen molar-refractivity contribution in [3.8, 4) is 22.8 Å². The highest BCUT2D eigenvalue weighted by atomic mass is 79.9. The molecule has 0 fully saturated rings. The number of nitrogens with zero attached hydrogens (tertiary/aromatic N) is 4. The summed E-state index contributed by atoms with van der Waals surface area (Å²) in [5.41, 5.74) is 1.90. The van der Waals surface area contributed by atoms with Crippen molar-refractivity contribution in [3.63, 3.8) is 0 Å². The zero-order valence-corrected chi connectivity index (χ0v) is 15.2. The lowest BCUT2D eigenvalue weighted by Gasteiger charge is -1.98. The zero-order chi connectivity index (χ0) is 18.1. The molecular formula is C18H12BrFN4O2. The lowest BCUT2D eigenvalue weighted by Crippen LogP contribution is -1.89. The van der Waals surface area contributed by atoms with Gasteiger partial charge in [-0.2, -0.15) is 4.98 Å². The number of benzene rings is 2. The summed E-state index contributed by atoms with van der Waals surface area (Å²) in [5.74, 6) is 1.06. The van der Waals surface area contributed by atoms with Crippen LogP contribution in [-0.4, -0.2) is 20.3 Å². The molecule has 26 heavy (non-hydrogen) atoms. The van der Waals surface area contributed by atoms with Crippen molar-refractivity contribution in [2.24, 2.45) is 0 Å². The van der Waals surface area contributed by atoms with Crippen molar-refractivity contribution in [2.45, 2.75) is 13.3 Å². The Morgan fingerprint density at radius 2 is 1.92 bits per heavy atom. The molecule has 0 aliphatic carbocycles. The fourth-order valence-electron chi connectivity index (χ4n) is 2.37. The lowest BCUT2D eigenvalue weighted by atomic mass is 10.1. The second-order valence-electron chi connectivity index (χ2n) is 5.66. The van der Waals surface area contributed by atoms with Gasteiger partial charge in [-0.15, -0.1) is 10.2 Å². The van der Waals surface area contributed by atoms with Crippen molar-refractivity contribution >= 4 is 15.9 Å². The predicted molar refractivity (Wildman–Crippen MR) is 94.7 cm³/mol. The molecule has 0 radical (unpaired) electrons. The first-order chi connectivity index (χ1) is 12.6. The Bertz CT molecular complexity index is 1080. The van der Waals surface area contributed by atoms with Crippen molar-refractivity contribution in [1.82, 2.24) is 20.3 Å². The maximum Gasteiger partial charge on any atom is 0.247 e. The first-order valence-corrected chi connectivity index (χ1v) is 8.55. The summed E-state index contributed by atoms with van der Waals surface area (Å²) in [6, 6.07) is 12.3. The van der Waals surface area contributed by atoms with E-state index in [9.17, 15) is 4.39 Å². The van der Waals surface area contributed by atoms with E-state index in [-0.39, 0.29) is 18.1 Å². The van der Waals surface area contributed by atoms with Gasteiger partial charge in [-0.1, -0.05) is 39.3 Å². The predicted octanol–water partition coefficient (Wildman–Crippen LogP) is 4.59. The molecule has 4 rings (SSSR count). The van der Waals surface area contributed by atoms with E-state index in [1.54, 1.807) is 19.1 Å². The average molecular weight is 415 g/mol. The SMILES string of the molecule is Cc1ccc(-c2nnc(Cc3nc(-c4cccc(Br)c4)no3)o2)cc1F. The highest BCUT2D eigenvalue weighted by Gasteiger charge is 2.15. The second-order valence-corrected chi connectivity index (χ2v) is 6.58. The first-order valence-electron chi connectivity index (χ1n) is 7.76. The lowest BCUT2D eigenvalue weighted by molar-refractivity contribution is 0.374. The van der Waals surface area contributed by atoms with Crippen molar-refractivity contribution < 1.29 is 13.3 Å². The second kappa shape index (κ2) is 6.80. The summed E-state index contributed by atoms with van der Waals surface area (Å²) in [6.07, 6.45) is 0.197. The quantitative estimate of drug-likeness (QED) is 0.485. The van der Waals surface area contributed by atoms with E-state index >= 15 is 0 Å². The molecule has 0 N–H and O–H groups in total. The van der Waals surface area contributed by atoms with Crippen LogP contribution in [0.3, 0.4) is 0 Å². The van der Waals surface area contributed by atoms with Crippen LogP contribution in [0.25, 0.3) is 22.8 Å². The van der Waals surface area contributed by atoms with Gasteiger partial charge in [0.1, 0.15) is 12.2 Å². The molecule has 0 amide bonds. The zero-order valence-electron chi connectivity index (χ0n) is 13.6. The topological polar surface area (TPSA) is 77.8 Å². The third-order valence-electron chi connectivity index (χ3n) is 3.74. The van der Waals surface area contributed by atoms with E-state index in [1.807, 2.05) is 24.3 Å². The minimum Gasteiger partial charge on any atom is -0.420 e. The number of hydrogen-bond acceptors (Lipinski definition) is 6. The van der Waals surface area contributed by atoms with Crippen LogP contribution in [0.15, 0.2) is 55.9 Å². The van der Waals surface area contributed by atoms with Gasteiger partial charge in [-0.3, -0.25) is 0 Å². The minimum absolute atomic E-state index is 0.197. The van der Waals surface area contributed by atoms with Crippen LogP contribution in [-0.2, 0) is 6.42 Å². The Balaban J connectivity index is 1.53. The molecule has 0 unspecified atom stereocenters. The Morgan fingerprint density at radius 3 is 2.73 bits per heavy atom. The van der Waals surface area contributed by atoms with Crippen LogP contribution in [0, 0.1) is 12.7 Å². The third-order valence-corrected chi connectivity index (χ3v) is 4.23. The summed E-state index contributed by atoms with van der Waals surface area (Å²) in [4.78, 5) is 4.34. The molecule has 0 aliphatic heterocycles. The van der Waals surface area contributed by atoms with Gasteiger partial charge in [0.2, 0.25) is 23.5 Å². The molecule has 4 aromatic rings. The van der Waals surface area contributed by atoms with Gasteiger partial charge in [0.25, 0.3) is 0 Å². The van der Waals surface area contributed by atoms with E-state index in [1.165, 1.54) is 6.07 Å². The Labute approximate surface area is 156 Å².